The van der Waals surface area contributed by atoms with E-state index >= 15 is 0 Å². The maximum atomic E-state index is 12.4. The molecule has 0 fully saturated rings. The smallest absolute Gasteiger partial charge is 0.355 e. The Kier molecular flexibility index (Phi) is 6.37. The third kappa shape index (κ3) is 4.35. The second-order valence-electron chi connectivity index (χ2n) is 5.38. The van der Waals surface area contributed by atoms with Gasteiger partial charge in [0.15, 0.2) is 0 Å². The zero-order valence-corrected chi connectivity index (χ0v) is 15.4. The molecular weight excluding hydrogens is 352 g/mol. The fourth-order valence-corrected chi connectivity index (χ4v) is 2.49. The number of hydrogen-bond donors (Lipinski definition) is 1. The Morgan fingerprint density at radius 1 is 1.00 bits per heavy atom. The van der Waals surface area contributed by atoms with Crippen LogP contribution < -0.4 is 15.0 Å². The highest BCUT2D eigenvalue weighted by molar-refractivity contribution is 6.05. The van der Waals surface area contributed by atoms with E-state index in [1.165, 1.54) is 39.2 Å². The Balaban J connectivity index is 2.61. The first-order valence-corrected chi connectivity index (χ1v) is 7.93. The number of anilines is 2. The Hall–Kier alpha value is -3.55. The van der Waals surface area contributed by atoms with Crippen LogP contribution in [0.25, 0.3) is 0 Å². The molecule has 8 heteroatoms. The van der Waals surface area contributed by atoms with Gasteiger partial charge in [-0.25, -0.2) is 9.59 Å². The summed E-state index contributed by atoms with van der Waals surface area (Å²) in [5, 5.41) is 2.66. The Labute approximate surface area is 156 Å². The van der Waals surface area contributed by atoms with Crippen molar-refractivity contribution in [2.45, 2.75) is 6.92 Å². The van der Waals surface area contributed by atoms with Crippen molar-refractivity contribution in [2.75, 3.05) is 31.5 Å². The van der Waals surface area contributed by atoms with Crippen LogP contribution >= 0.6 is 0 Å². The normalized spacial score (nSPS) is 13.1. The van der Waals surface area contributed by atoms with Gasteiger partial charge >= 0.3 is 11.9 Å². The van der Waals surface area contributed by atoms with Crippen LogP contribution in [0.3, 0.4) is 0 Å². The SMILES string of the molecule is COC(=O)C1=C(C(=O)OC)N(c2ccc(NC(C)=O)c(OC)c2)C=CC=C1. The average molecular weight is 372 g/mol. The molecule has 0 atom stereocenters. The van der Waals surface area contributed by atoms with Crippen LogP contribution in [0, 0.1) is 0 Å². The lowest BCUT2D eigenvalue weighted by Crippen LogP contribution is -2.27. The number of carbonyl (C=O) groups excluding carboxylic acids is 3. The van der Waals surface area contributed by atoms with Gasteiger partial charge in [0.25, 0.3) is 0 Å². The molecular formula is C19H20N2O6. The maximum absolute atomic E-state index is 12.4. The molecule has 2 rings (SSSR count). The largest absolute Gasteiger partial charge is 0.494 e. The molecule has 0 radical (unpaired) electrons. The number of esters is 2. The van der Waals surface area contributed by atoms with Gasteiger partial charge in [-0.05, 0) is 24.3 Å². The van der Waals surface area contributed by atoms with Gasteiger partial charge in [-0.3, -0.25) is 4.79 Å². The summed E-state index contributed by atoms with van der Waals surface area (Å²) in [5.41, 5.74) is 1.02. The lowest BCUT2D eigenvalue weighted by atomic mass is 10.1. The van der Waals surface area contributed by atoms with Crippen molar-refractivity contribution in [3.8, 4) is 5.75 Å². The van der Waals surface area contributed by atoms with Crippen LogP contribution in [0.15, 0.2) is 53.9 Å². The van der Waals surface area contributed by atoms with Crippen LogP contribution in [0.2, 0.25) is 0 Å². The lowest BCUT2D eigenvalue weighted by molar-refractivity contribution is -0.139. The number of hydrogen-bond acceptors (Lipinski definition) is 7. The van der Waals surface area contributed by atoms with Gasteiger partial charge in [0, 0.05) is 24.9 Å². The minimum Gasteiger partial charge on any atom is -0.494 e. The number of allylic oxidation sites excluding steroid dienone is 2. The molecule has 0 bridgehead atoms. The van der Waals surface area contributed by atoms with Gasteiger partial charge in [0.05, 0.1) is 32.6 Å². The number of carbonyl (C=O) groups is 3. The second-order valence-corrected chi connectivity index (χ2v) is 5.38. The standard InChI is InChI=1S/C19H20N2O6/c1-12(22)20-15-9-8-13(11-16(15)25-2)21-10-6-5-7-14(18(23)26-3)17(21)19(24)27-4/h5-11H,1-4H3,(H,20,22). The summed E-state index contributed by atoms with van der Waals surface area (Å²) in [6.07, 6.45) is 6.34. The Bertz CT molecular complexity index is 854. The number of methoxy groups -OCH3 is 3. The molecule has 1 amide bonds. The summed E-state index contributed by atoms with van der Waals surface area (Å²) in [7, 11) is 3.91. The first-order chi connectivity index (χ1) is 12.9. The van der Waals surface area contributed by atoms with Gasteiger partial charge in [-0.15, -0.1) is 0 Å². The van der Waals surface area contributed by atoms with Crippen molar-refractivity contribution < 1.29 is 28.6 Å². The van der Waals surface area contributed by atoms with Crippen molar-refractivity contribution in [2.24, 2.45) is 0 Å². The number of benzene rings is 1. The van der Waals surface area contributed by atoms with Crippen molar-refractivity contribution in [3.63, 3.8) is 0 Å². The highest BCUT2D eigenvalue weighted by Gasteiger charge is 2.27. The van der Waals surface area contributed by atoms with E-state index in [9.17, 15) is 14.4 Å². The van der Waals surface area contributed by atoms with Crippen LogP contribution in [-0.4, -0.2) is 39.2 Å². The van der Waals surface area contributed by atoms with Gasteiger partial charge in [0.2, 0.25) is 5.91 Å². The van der Waals surface area contributed by atoms with Crippen LogP contribution in [-0.2, 0) is 23.9 Å². The summed E-state index contributed by atoms with van der Waals surface area (Å²) in [4.78, 5) is 37.4. The third-order valence-corrected chi connectivity index (χ3v) is 3.66. The first kappa shape index (κ1) is 19.8. The molecule has 1 aliphatic heterocycles. The fraction of sp³-hybridized carbons (Fsp3) is 0.211. The number of ether oxygens (including phenoxy) is 3. The van der Waals surface area contributed by atoms with E-state index in [1.807, 2.05) is 0 Å². The predicted molar refractivity (Wildman–Crippen MR) is 99.1 cm³/mol. The highest BCUT2D eigenvalue weighted by Crippen LogP contribution is 2.33. The van der Waals surface area contributed by atoms with Gasteiger partial charge in [-0.2, -0.15) is 0 Å². The van der Waals surface area contributed by atoms with Crippen molar-refractivity contribution in [1.82, 2.24) is 0 Å². The van der Waals surface area contributed by atoms with Crippen LogP contribution in [0.5, 0.6) is 5.75 Å². The molecule has 0 saturated heterocycles. The van der Waals surface area contributed by atoms with Gasteiger partial charge in [-0.1, -0.05) is 6.08 Å². The predicted octanol–water partition coefficient (Wildman–Crippen LogP) is 2.14. The molecule has 142 valence electrons. The molecule has 0 saturated carbocycles. The molecule has 0 aromatic heterocycles. The van der Waals surface area contributed by atoms with E-state index in [1.54, 1.807) is 36.6 Å². The molecule has 1 aromatic rings. The van der Waals surface area contributed by atoms with E-state index in [-0.39, 0.29) is 17.2 Å². The molecule has 1 N–H and O–H groups in total. The van der Waals surface area contributed by atoms with Crippen molar-refractivity contribution >= 4 is 29.2 Å². The average Bonchev–Trinajstić information content (AvgIpc) is 2.89. The molecule has 0 aliphatic carbocycles. The number of amides is 1. The van der Waals surface area contributed by atoms with E-state index in [4.69, 9.17) is 14.2 Å². The molecule has 1 heterocycles. The molecule has 1 aliphatic rings. The van der Waals surface area contributed by atoms with Gasteiger partial charge in [0.1, 0.15) is 11.4 Å². The maximum Gasteiger partial charge on any atom is 0.355 e. The van der Waals surface area contributed by atoms with E-state index in [0.717, 1.165) is 0 Å². The minimum absolute atomic E-state index is 0.0105. The summed E-state index contributed by atoms with van der Waals surface area (Å²) in [6, 6.07) is 4.93. The molecule has 1 aromatic carbocycles. The lowest BCUT2D eigenvalue weighted by Gasteiger charge is -2.24. The first-order valence-electron chi connectivity index (χ1n) is 7.93. The highest BCUT2D eigenvalue weighted by atomic mass is 16.5. The molecule has 8 nitrogen and oxygen atoms in total. The van der Waals surface area contributed by atoms with Gasteiger partial charge < -0.3 is 24.4 Å². The molecule has 27 heavy (non-hydrogen) atoms. The zero-order valence-electron chi connectivity index (χ0n) is 15.4. The van der Waals surface area contributed by atoms with Crippen LogP contribution in [0.4, 0.5) is 11.4 Å². The summed E-state index contributed by atoms with van der Waals surface area (Å²) in [5.74, 6) is -1.25. The second kappa shape index (κ2) is 8.70. The Morgan fingerprint density at radius 3 is 2.30 bits per heavy atom. The van der Waals surface area contributed by atoms with Crippen molar-refractivity contribution in [3.05, 3.63) is 53.9 Å². The summed E-state index contributed by atoms with van der Waals surface area (Å²) >= 11 is 0. The van der Waals surface area contributed by atoms with E-state index in [2.05, 4.69) is 5.32 Å². The minimum atomic E-state index is -0.712. The Morgan fingerprint density at radius 2 is 1.70 bits per heavy atom. The fourth-order valence-electron chi connectivity index (χ4n) is 2.49. The number of nitrogens with one attached hydrogen (secondary N) is 1. The third-order valence-electron chi connectivity index (χ3n) is 3.66. The molecule has 0 spiro atoms. The van der Waals surface area contributed by atoms with Crippen molar-refractivity contribution in [1.29, 1.82) is 0 Å². The quantitative estimate of drug-likeness (QED) is 0.792. The monoisotopic (exact) mass is 372 g/mol. The number of rotatable bonds is 5. The zero-order chi connectivity index (χ0) is 20.0. The topological polar surface area (TPSA) is 94.2 Å². The number of nitrogens with zero attached hydrogens (tertiary/aromatic N) is 1. The van der Waals surface area contributed by atoms with E-state index in [0.29, 0.717) is 17.1 Å². The summed E-state index contributed by atoms with van der Waals surface area (Å²) < 4.78 is 15.0. The molecule has 0 unspecified atom stereocenters. The van der Waals surface area contributed by atoms with Crippen LogP contribution in [0.1, 0.15) is 6.92 Å². The summed E-state index contributed by atoms with van der Waals surface area (Å²) in [6.45, 7) is 1.39. The van der Waals surface area contributed by atoms with E-state index < -0.39 is 11.9 Å².